The minimum Gasteiger partial charge on any atom is -0.389 e. The van der Waals surface area contributed by atoms with Crippen molar-refractivity contribution in [3.8, 4) is 0 Å². The fraction of sp³-hybridized carbons (Fsp3) is 0.400. The summed E-state index contributed by atoms with van der Waals surface area (Å²) in [5.41, 5.74) is 7.88. The second kappa shape index (κ2) is 22.7. The molecule has 0 aliphatic heterocycles. The molecule has 3 aromatic rings. The van der Waals surface area contributed by atoms with Crippen LogP contribution in [0.5, 0.6) is 0 Å². The molecule has 2 amide bonds. The molecule has 16 nitrogen and oxygen atoms in total. The van der Waals surface area contributed by atoms with Crippen molar-refractivity contribution in [3.63, 3.8) is 0 Å². The molecule has 274 valence electrons. The molecule has 4 rings (SSSR count). The van der Waals surface area contributed by atoms with E-state index in [1.165, 1.54) is 0 Å². The zero-order chi connectivity index (χ0) is 35.9. The molecule has 0 bridgehead atoms. The number of hydrogen-bond acceptors (Lipinski definition) is 14. The lowest BCUT2D eigenvalue weighted by molar-refractivity contribution is 0.0511. The summed E-state index contributed by atoms with van der Waals surface area (Å²) in [6, 6.07) is 15.9. The van der Waals surface area contributed by atoms with E-state index in [0.29, 0.717) is 114 Å². The molecule has 1 unspecified atom stereocenters. The van der Waals surface area contributed by atoms with E-state index in [1.807, 2.05) is 24.3 Å². The number of aromatic nitrogens is 3. The topological polar surface area (TPSA) is 216 Å². The Morgan fingerprint density at radius 1 is 0.686 bits per heavy atom. The zero-order valence-electron chi connectivity index (χ0n) is 28.5. The van der Waals surface area contributed by atoms with Crippen LogP contribution >= 0.6 is 0 Å². The molecule has 51 heavy (non-hydrogen) atoms. The average molecular weight is 706 g/mol. The highest BCUT2D eigenvalue weighted by Crippen LogP contribution is 2.19. The second-order valence-electron chi connectivity index (χ2n) is 11.0. The number of amides is 2. The summed E-state index contributed by atoms with van der Waals surface area (Å²) in [6.07, 6.45) is 5.25. The van der Waals surface area contributed by atoms with E-state index in [9.17, 15) is 14.7 Å². The number of nitrogens with zero attached hydrogens (tertiary/aromatic N) is 3. The highest BCUT2D eigenvalue weighted by atomic mass is 16.5. The van der Waals surface area contributed by atoms with Crippen LogP contribution < -0.4 is 32.3 Å². The number of carbonyl (C=O) groups excluding carboxylic acids is 2. The maximum absolute atomic E-state index is 12.5. The number of rotatable bonds is 24. The van der Waals surface area contributed by atoms with Crippen molar-refractivity contribution in [2.45, 2.75) is 12.5 Å². The number of ether oxygens (including phenoxy) is 4. The Balaban J connectivity index is 1.20. The molecule has 0 radical (unpaired) electrons. The van der Waals surface area contributed by atoms with Gasteiger partial charge in [0.15, 0.2) is 0 Å². The van der Waals surface area contributed by atoms with E-state index < -0.39 is 6.10 Å². The molecule has 0 saturated carbocycles. The maximum Gasteiger partial charge on any atom is 0.251 e. The zero-order valence-corrected chi connectivity index (χ0v) is 28.5. The Labute approximate surface area is 297 Å². The van der Waals surface area contributed by atoms with Gasteiger partial charge in [-0.15, -0.1) is 0 Å². The van der Waals surface area contributed by atoms with Crippen LogP contribution in [0, 0.1) is 0 Å². The van der Waals surface area contributed by atoms with Crippen molar-refractivity contribution in [1.29, 1.82) is 0 Å². The molecule has 0 fully saturated rings. The van der Waals surface area contributed by atoms with Gasteiger partial charge in [-0.05, 0) is 48.9 Å². The summed E-state index contributed by atoms with van der Waals surface area (Å²) in [4.78, 5) is 38.1. The fourth-order valence-corrected chi connectivity index (χ4v) is 4.46. The van der Waals surface area contributed by atoms with Gasteiger partial charge in [0.05, 0.1) is 59.0 Å². The summed E-state index contributed by atoms with van der Waals surface area (Å²) in [5, 5.41) is 24.9. The minimum atomic E-state index is -0.528. The lowest BCUT2D eigenvalue weighted by atomic mass is 10.1. The van der Waals surface area contributed by atoms with Gasteiger partial charge in [0.25, 0.3) is 11.8 Å². The van der Waals surface area contributed by atoms with Crippen molar-refractivity contribution in [2.75, 3.05) is 95.0 Å². The lowest BCUT2D eigenvalue weighted by Gasteiger charge is -2.14. The molecule has 16 heteroatoms. The molecule has 8 N–H and O–H groups in total. The molecule has 0 spiro atoms. The van der Waals surface area contributed by atoms with E-state index in [4.69, 9.17) is 24.7 Å². The first kappa shape index (κ1) is 38.8. The first-order valence-corrected chi connectivity index (χ1v) is 16.8. The van der Waals surface area contributed by atoms with Gasteiger partial charge in [0.2, 0.25) is 17.8 Å². The van der Waals surface area contributed by atoms with Crippen LogP contribution in [-0.4, -0.2) is 117 Å². The van der Waals surface area contributed by atoms with E-state index >= 15 is 0 Å². The average Bonchev–Trinajstić information content (AvgIpc) is 3.15. The van der Waals surface area contributed by atoms with Crippen molar-refractivity contribution in [2.24, 2.45) is 5.73 Å². The smallest absolute Gasteiger partial charge is 0.251 e. The SMILES string of the molecule is NCCOCCOCCNC(=O)c1ccc(Nc2nc(NCCOCCOCCNC(=O)c3ccccc3)nc(NC3=CCC(O)C=C3)n2)cc1. The van der Waals surface area contributed by atoms with Gasteiger partial charge >= 0.3 is 0 Å². The third-order valence-corrected chi connectivity index (χ3v) is 7.01. The Bertz CT molecular complexity index is 1540. The van der Waals surface area contributed by atoms with E-state index in [-0.39, 0.29) is 17.8 Å². The molecule has 1 aliphatic rings. The predicted octanol–water partition coefficient (Wildman–Crippen LogP) is 1.83. The Morgan fingerprint density at radius 2 is 1.24 bits per heavy atom. The largest absolute Gasteiger partial charge is 0.389 e. The summed E-state index contributed by atoms with van der Waals surface area (Å²) < 4.78 is 21.9. The number of anilines is 4. The molecule has 1 atom stereocenters. The first-order chi connectivity index (χ1) is 25.0. The molecule has 1 heterocycles. The minimum absolute atomic E-state index is 0.139. The van der Waals surface area contributed by atoms with E-state index in [1.54, 1.807) is 48.6 Å². The van der Waals surface area contributed by atoms with E-state index in [0.717, 1.165) is 5.70 Å². The normalized spacial score (nSPS) is 13.7. The van der Waals surface area contributed by atoms with Gasteiger partial charge in [-0.25, -0.2) is 0 Å². The first-order valence-electron chi connectivity index (χ1n) is 16.8. The molecular formula is C35H47N9O7. The fourth-order valence-electron chi connectivity index (χ4n) is 4.46. The Morgan fingerprint density at radius 3 is 1.82 bits per heavy atom. The third kappa shape index (κ3) is 15.2. The third-order valence-electron chi connectivity index (χ3n) is 7.01. The highest BCUT2D eigenvalue weighted by Gasteiger charge is 2.12. The van der Waals surface area contributed by atoms with Gasteiger partial charge < -0.3 is 56.4 Å². The van der Waals surface area contributed by atoms with Crippen molar-refractivity contribution < 1.29 is 33.6 Å². The van der Waals surface area contributed by atoms with Crippen LogP contribution in [0.1, 0.15) is 27.1 Å². The number of allylic oxidation sites excluding steroid dienone is 1. The monoisotopic (exact) mass is 705 g/mol. The number of nitrogens with one attached hydrogen (secondary N) is 5. The maximum atomic E-state index is 12.5. The molecular weight excluding hydrogens is 658 g/mol. The Hall–Kier alpha value is -4.97. The molecule has 2 aromatic carbocycles. The standard InChI is InChI=1S/C35H47N9O7/c36-14-18-48-22-23-49-20-16-38-32(47)27-6-8-28(9-7-27)40-34-42-33(43-35(44-34)41-29-10-12-30(45)13-11-29)39-17-21-51-25-24-50-19-15-37-31(46)26-4-2-1-3-5-26/h1-12,30,45H,13-25,36H2,(H,37,46)(H,38,47)(H3,39,40,41,42,43,44). The van der Waals surface area contributed by atoms with Crippen molar-refractivity contribution >= 4 is 35.3 Å². The van der Waals surface area contributed by atoms with Crippen LogP contribution in [0.15, 0.2) is 78.5 Å². The lowest BCUT2D eigenvalue weighted by Crippen LogP contribution is -2.27. The number of nitrogens with two attached hydrogens (primary N) is 1. The van der Waals surface area contributed by atoms with Crippen molar-refractivity contribution in [3.05, 3.63) is 89.6 Å². The summed E-state index contributed by atoms with van der Waals surface area (Å²) in [7, 11) is 0. The quantitative estimate of drug-likeness (QED) is 0.0663. The predicted molar refractivity (Wildman–Crippen MR) is 193 cm³/mol. The van der Waals surface area contributed by atoms with Crippen LogP contribution in [0.4, 0.5) is 23.5 Å². The van der Waals surface area contributed by atoms with Gasteiger partial charge in [0.1, 0.15) is 0 Å². The number of hydrogen-bond donors (Lipinski definition) is 7. The van der Waals surface area contributed by atoms with Crippen molar-refractivity contribution in [1.82, 2.24) is 25.6 Å². The molecule has 1 aliphatic carbocycles. The van der Waals surface area contributed by atoms with Gasteiger partial charge in [-0.3, -0.25) is 9.59 Å². The second-order valence-corrected chi connectivity index (χ2v) is 11.0. The van der Waals surface area contributed by atoms with Gasteiger partial charge in [-0.2, -0.15) is 15.0 Å². The van der Waals surface area contributed by atoms with E-state index in [2.05, 4.69) is 41.5 Å². The summed E-state index contributed by atoms with van der Waals surface area (Å²) in [6.45, 7) is 4.91. The van der Waals surface area contributed by atoms with Crippen LogP contribution in [0.2, 0.25) is 0 Å². The number of carbonyl (C=O) groups is 2. The number of aliphatic hydroxyl groups excluding tert-OH is 1. The summed E-state index contributed by atoms with van der Waals surface area (Å²) in [5.74, 6) is 0.519. The Kier molecular flexibility index (Phi) is 17.3. The van der Waals surface area contributed by atoms with Crippen LogP contribution in [0.3, 0.4) is 0 Å². The molecule has 1 aromatic heterocycles. The van der Waals surface area contributed by atoms with Crippen LogP contribution in [-0.2, 0) is 18.9 Å². The molecule has 0 saturated heterocycles. The highest BCUT2D eigenvalue weighted by molar-refractivity contribution is 5.94. The van der Waals surface area contributed by atoms with Gasteiger partial charge in [-0.1, -0.05) is 30.4 Å². The summed E-state index contributed by atoms with van der Waals surface area (Å²) >= 11 is 0. The van der Waals surface area contributed by atoms with Crippen LogP contribution in [0.25, 0.3) is 0 Å². The number of aliphatic hydroxyl groups is 1. The number of benzene rings is 2. The van der Waals surface area contributed by atoms with Gasteiger partial charge in [0, 0.05) is 48.7 Å².